The van der Waals surface area contributed by atoms with E-state index in [0.717, 1.165) is 142 Å². The highest BCUT2D eigenvalue weighted by molar-refractivity contribution is 7.27. The molecule has 0 N–H and O–H groups in total. The van der Waals surface area contributed by atoms with Crippen LogP contribution in [0.2, 0.25) is 0 Å². The first kappa shape index (κ1) is 80.2. The van der Waals surface area contributed by atoms with Crippen LogP contribution in [0, 0.1) is 0 Å². The Hall–Kier alpha value is -18.1. The van der Waals surface area contributed by atoms with Crippen LogP contribution in [0.5, 0.6) is 0 Å². The lowest BCUT2D eigenvalue weighted by molar-refractivity contribution is 1.02. The maximum Gasteiger partial charge on any atom is 0.235 e. The van der Waals surface area contributed by atoms with Crippen LogP contribution >= 0.6 is 34.0 Å². The van der Waals surface area contributed by atoms with Gasteiger partial charge in [0.2, 0.25) is 11.9 Å². The van der Waals surface area contributed by atoms with Gasteiger partial charge in [0.05, 0.1) is 114 Å². The minimum Gasteiger partial charge on any atom is -0.309 e. The van der Waals surface area contributed by atoms with Crippen molar-refractivity contribution in [3.05, 3.63) is 461 Å². The number of nitrogens with zero attached hydrogens (tertiary/aromatic N) is 12. The number of rotatable bonds is 10. The van der Waals surface area contributed by atoms with E-state index in [2.05, 4.69) is 488 Å². The zero-order valence-electron chi connectivity index (χ0n) is 75.5. The topological polar surface area (TPSA) is 107 Å². The van der Waals surface area contributed by atoms with E-state index in [4.69, 9.17) is 29.9 Å². The van der Waals surface area contributed by atoms with E-state index >= 15 is 0 Å². The molecular formula is C126H76N12S3. The van der Waals surface area contributed by atoms with E-state index in [1.54, 1.807) is 34.0 Å². The minimum absolute atomic E-state index is 0.683. The quantitative estimate of drug-likeness (QED) is 0.135. The fourth-order valence-electron chi connectivity index (χ4n) is 21.9. The van der Waals surface area contributed by atoms with Crippen LogP contribution in [-0.2, 0) is 0 Å². The molecule has 12 nitrogen and oxygen atoms in total. The van der Waals surface area contributed by atoms with Crippen LogP contribution in [0.3, 0.4) is 0 Å². The second kappa shape index (κ2) is 32.3. The van der Waals surface area contributed by atoms with E-state index in [1.165, 1.54) is 117 Å². The molecular weight excluding hydrogens is 1780 g/mol. The maximum atomic E-state index is 5.43. The number of hydrogen-bond donors (Lipinski definition) is 0. The van der Waals surface area contributed by atoms with Crippen molar-refractivity contribution in [2.45, 2.75) is 0 Å². The molecule has 0 fully saturated rings. The van der Waals surface area contributed by atoms with Crippen LogP contribution in [-0.4, -0.2) is 57.3 Å². The first-order valence-electron chi connectivity index (χ1n) is 47.4. The standard InChI is InChI=1S/C46H28N4S.2C40H24N4S/c1-2-14-31(15-3-1)49-40-23-10-6-19-35(40)37-28-29(25-26-41(37)49)43-45-44(36-20-7-11-24-42(36)51-45)48-46(47-43)30-13-12-16-32(27-30)50-38-21-8-4-17-33(38)34-18-5-9-22-39(34)50;1-2-12-26(13-3-1)43-32-18-8-6-16-29(32)31-24-25(22-23-35(31)43)37-39-38(30-17-7-11-21-36(30)45-39)42-40(41-37)44-33-19-9-4-14-27(33)28-15-5-10-20-34(28)44;1-2-12-26(13-3-1)43-32-18-8-4-16-29(32)30-23-22-25(24-35(30)43)37-39-38(31-17-7-11-21-36(31)45-39)42-40(41-37)44-33-19-9-5-14-27(33)28-15-6-10-20-34(28)44/h1-28H;2*1-24H. The molecule has 0 bridgehead atoms. The second-order valence-electron chi connectivity index (χ2n) is 35.9. The first-order chi connectivity index (χ1) is 70.0. The van der Waals surface area contributed by atoms with Crippen molar-refractivity contribution in [3.8, 4) is 79.8 Å². The number of benzene rings is 19. The lowest BCUT2D eigenvalue weighted by atomic mass is 10.1. The van der Waals surface area contributed by atoms with Crippen molar-refractivity contribution in [3.63, 3.8) is 0 Å². The Bertz CT molecular complexity index is 10400. The van der Waals surface area contributed by atoms with Crippen molar-refractivity contribution in [2.24, 2.45) is 0 Å². The van der Waals surface area contributed by atoms with Gasteiger partial charge in [-0.15, -0.1) is 34.0 Å². The summed E-state index contributed by atoms with van der Waals surface area (Å²) >= 11 is 5.30. The van der Waals surface area contributed by atoms with Crippen molar-refractivity contribution < 1.29 is 0 Å². The van der Waals surface area contributed by atoms with Gasteiger partial charge in [-0.3, -0.25) is 9.13 Å². The molecule has 12 aromatic heterocycles. The fourth-order valence-corrected chi connectivity index (χ4v) is 25.3. The zero-order chi connectivity index (χ0) is 92.4. The molecule has 0 radical (unpaired) electrons. The highest BCUT2D eigenvalue weighted by Gasteiger charge is 2.28. The third-order valence-corrected chi connectivity index (χ3v) is 31.5. The van der Waals surface area contributed by atoms with Gasteiger partial charge in [0.15, 0.2) is 5.82 Å². The van der Waals surface area contributed by atoms with Crippen LogP contribution < -0.4 is 0 Å². The number of fused-ring (bicyclic) bond motifs is 27. The summed E-state index contributed by atoms with van der Waals surface area (Å²) in [6.45, 7) is 0. The average Bonchev–Trinajstić information content (AvgIpc) is 1.58. The molecule has 15 heteroatoms. The van der Waals surface area contributed by atoms with Crippen LogP contribution in [0.15, 0.2) is 461 Å². The van der Waals surface area contributed by atoms with Gasteiger partial charge >= 0.3 is 0 Å². The summed E-state index contributed by atoms with van der Waals surface area (Å²) in [7, 11) is 0. The van der Waals surface area contributed by atoms with Crippen molar-refractivity contribution in [1.29, 1.82) is 0 Å². The summed E-state index contributed by atoms with van der Waals surface area (Å²) in [5.41, 5.74) is 28.4. The molecule has 12 heterocycles. The summed E-state index contributed by atoms with van der Waals surface area (Å²) in [5.74, 6) is 2.09. The first-order valence-corrected chi connectivity index (χ1v) is 49.8. The Labute approximate surface area is 817 Å². The monoisotopic (exact) mass is 1850 g/mol. The molecule has 19 aromatic carbocycles. The van der Waals surface area contributed by atoms with E-state index in [0.29, 0.717) is 11.9 Å². The van der Waals surface area contributed by atoms with Crippen molar-refractivity contribution in [1.82, 2.24) is 57.3 Å². The summed E-state index contributed by atoms with van der Waals surface area (Å²) < 4.78 is 20.8. The SMILES string of the molecule is c1ccc(-n2c3ccccc3c3cc(-c4nc(-c5cccc(-n6c7ccccc7c7ccccc76)c5)nc5c4sc4ccccc45)ccc32)cc1.c1ccc(-n2c3ccccc3c3cc(-c4nc(-n5c6ccccc6c6ccccc65)nc5c4sc4ccccc45)ccc32)cc1.c1ccc(-n2c3ccccc3c3ccc(-c4nc(-n5c6ccccc6c6ccccc65)nc5c4sc4ccccc45)cc32)cc1. The van der Waals surface area contributed by atoms with E-state index in [1.807, 2.05) is 0 Å². The van der Waals surface area contributed by atoms with Crippen LogP contribution in [0.25, 0.3) is 272 Å². The van der Waals surface area contributed by atoms with Gasteiger partial charge in [0.1, 0.15) is 0 Å². The summed E-state index contributed by atoms with van der Waals surface area (Å²) in [6, 6.07) is 164. The van der Waals surface area contributed by atoms with Gasteiger partial charge in [-0.05, 0) is 152 Å². The summed E-state index contributed by atoms with van der Waals surface area (Å²) in [6.07, 6.45) is 0. The van der Waals surface area contributed by atoms with E-state index in [9.17, 15) is 0 Å². The summed E-state index contributed by atoms with van der Waals surface area (Å²) in [5, 5.41) is 18.1. The molecule has 31 aromatic rings. The highest BCUT2D eigenvalue weighted by atomic mass is 32.1. The van der Waals surface area contributed by atoms with Crippen molar-refractivity contribution in [2.75, 3.05) is 0 Å². The largest absolute Gasteiger partial charge is 0.309 e. The van der Waals surface area contributed by atoms with Crippen LogP contribution in [0.1, 0.15) is 0 Å². The minimum atomic E-state index is 0.683. The van der Waals surface area contributed by atoms with E-state index < -0.39 is 0 Å². The molecule has 0 aliphatic rings. The normalized spacial score (nSPS) is 12.0. The third-order valence-electron chi connectivity index (χ3n) is 28.0. The molecule has 0 saturated heterocycles. The molecule has 658 valence electrons. The predicted octanol–water partition coefficient (Wildman–Crippen LogP) is 33.8. The number of aromatic nitrogens is 12. The Morgan fingerprint density at radius 3 is 0.766 bits per heavy atom. The van der Waals surface area contributed by atoms with Gasteiger partial charge in [-0.1, -0.05) is 309 Å². The lowest BCUT2D eigenvalue weighted by Gasteiger charge is -2.11. The van der Waals surface area contributed by atoms with Gasteiger partial charge < -0.3 is 18.3 Å². The van der Waals surface area contributed by atoms with Gasteiger partial charge in [0, 0.05) is 140 Å². The number of hydrogen-bond acceptors (Lipinski definition) is 9. The molecule has 0 aliphatic carbocycles. The predicted molar refractivity (Wildman–Crippen MR) is 593 cm³/mol. The second-order valence-corrected chi connectivity index (χ2v) is 39.0. The highest BCUT2D eigenvalue weighted by Crippen LogP contribution is 2.49. The molecule has 141 heavy (non-hydrogen) atoms. The zero-order valence-corrected chi connectivity index (χ0v) is 77.9. The smallest absolute Gasteiger partial charge is 0.235 e. The molecule has 31 rings (SSSR count). The van der Waals surface area contributed by atoms with Gasteiger partial charge in [0.25, 0.3) is 0 Å². The van der Waals surface area contributed by atoms with Crippen LogP contribution in [0.4, 0.5) is 0 Å². The molecule has 0 spiro atoms. The Morgan fingerprint density at radius 2 is 0.404 bits per heavy atom. The molecule has 0 saturated carbocycles. The van der Waals surface area contributed by atoms with E-state index in [-0.39, 0.29) is 0 Å². The Kier molecular flexibility index (Phi) is 18.4. The average molecular weight is 1850 g/mol. The molecule has 0 amide bonds. The number of thiophene rings is 3. The number of para-hydroxylation sites is 12. The fraction of sp³-hybridized carbons (Fsp3) is 0. The molecule has 0 atom stereocenters. The third kappa shape index (κ3) is 12.7. The molecule has 0 unspecified atom stereocenters. The Morgan fingerprint density at radius 1 is 0.149 bits per heavy atom. The maximum absolute atomic E-state index is 5.43. The van der Waals surface area contributed by atoms with Crippen molar-refractivity contribution >= 4 is 226 Å². The Balaban J connectivity index is 0.000000102. The lowest BCUT2D eigenvalue weighted by Crippen LogP contribution is -2.02. The summed E-state index contributed by atoms with van der Waals surface area (Å²) in [4.78, 5) is 32.2. The molecule has 0 aliphatic heterocycles. The van der Waals surface area contributed by atoms with Gasteiger partial charge in [-0.25, -0.2) is 29.9 Å². The van der Waals surface area contributed by atoms with Gasteiger partial charge in [-0.2, -0.15) is 0 Å².